The molecule has 2 atom stereocenters. The zero-order valence-corrected chi connectivity index (χ0v) is 6.77. The highest BCUT2D eigenvalue weighted by Gasteiger charge is 2.14. The number of alkyl halides is 1. The Kier molecular flexibility index (Phi) is 4.80. The molecular formula is C4H9ClN2O2S. The number of primary amides is 1. The number of thiol groups is 1. The number of carbonyl (C=O) groups excluding carboxylic acids is 1. The van der Waals surface area contributed by atoms with E-state index in [1.165, 1.54) is 0 Å². The van der Waals surface area contributed by atoms with E-state index >= 15 is 0 Å². The molecule has 0 aliphatic heterocycles. The van der Waals surface area contributed by atoms with Gasteiger partial charge in [0.05, 0.1) is 6.61 Å². The Morgan fingerprint density at radius 2 is 2.40 bits per heavy atom. The highest BCUT2D eigenvalue weighted by Crippen LogP contribution is 1.96. The molecule has 0 aromatic carbocycles. The van der Waals surface area contributed by atoms with Crippen molar-refractivity contribution in [1.82, 2.24) is 5.32 Å². The third kappa shape index (κ3) is 3.94. The average molecular weight is 185 g/mol. The van der Waals surface area contributed by atoms with Gasteiger partial charge in [0.15, 0.2) is 0 Å². The molecule has 60 valence electrons. The summed E-state index contributed by atoms with van der Waals surface area (Å²) in [5.41, 5.74) is 4.84. The Morgan fingerprint density at radius 3 is 2.50 bits per heavy atom. The van der Waals surface area contributed by atoms with E-state index in [9.17, 15) is 4.79 Å². The lowest BCUT2D eigenvalue weighted by molar-refractivity contribution is -0.120. The number of aliphatic hydroxyl groups excluding tert-OH is 1. The molecule has 6 heteroatoms. The van der Waals surface area contributed by atoms with E-state index in [1.54, 1.807) is 0 Å². The van der Waals surface area contributed by atoms with Crippen LogP contribution in [0.15, 0.2) is 0 Å². The van der Waals surface area contributed by atoms with Crippen LogP contribution in [0.1, 0.15) is 0 Å². The van der Waals surface area contributed by atoms with Crippen molar-refractivity contribution in [2.75, 3.05) is 6.61 Å². The van der Waals surface area contributed by atoms with Crippen molar-refractivity contribution in [2.45, 2.75) is 10.9 Å². The first-order valence-corrected chi connectivity index (χ1v) is 3.51. The van der Waals surface area contributed by atoms with Gasteiger partial charge in [-0.3, -0.25) is 10.1 Å². The van der Waals surface area contributed by atoms with Gasteiger partial charge < -0.3 is 10.8 Å². The van der Waals surface area contributed by atoms with E-state index in [4.69, 9.17) is 22.4 Å². The van der Waals surface area contributed by atoms with Gasteiger partial charge in [0.2, 0.25) is 5.91 Å². The van der Waals surface area contributed by atoms with Crippen LogP contribution in [0.25, 0.3) is 0 Å². The predicted octanol–water partition coefficient (Wildman–Crippen LogP) is -1.13. The first-order valence-electron chi connectivity index (χ1n) is 2.56. The molecule has 0 aromatic rings. The fourth-order valence-electron chi connectivity index (χ4n) is 0.391. The molecule has 0 rings (SSSR count). The van der Waals surface area contributed by atoms with E-state index in [0.717, 1.165) is 0 Å². The molecule has 4 N–H and O–H groups in total. The molecule has 0 saturated heterocycles. The van der Waals surface area contributed by atoms with Crippen molar-refractivity contribution in [3.8, 4) is 0 Å². The maximum Gasteiger partial charge on any atom is 0.237 e. The molecule has 1 amide bonds. The lowest BCUT2D eigenvalue weighted by Gasteiger charge is -2.12. The largest absolute Gasteiger partial charge is 0.394 e. The monoisotopic (exact) mass is 184 g/mol. The van der Waals surface area contributed by atoms with Crippen LogP contribution < -0.4 is 11.1 Å². The van der Waals surface area contributed by atoms with Gasteiger partial charge in [0.1, 0.15) is 10.9 Å². The Bertz CT molecular complexity index is 122. The summed E-state index contributed by atoms with van der Waals surface area (Å²) in [5.74, 6) is -0.651. The van der Waals surface area contributed by atoms with E-state index in [2.05, 4.69) is 17.9 Å². The molecular weight excluding hydrogens is 176 g/mol. The summed E-state index contributed by atoms with van der Waals surface area (Å²) in [6, 6.07) is -0.819. The van der Waals surface area contributed by atoms with Crippen molar-refractivity contribution < 1.29 is 9.90 Å². The number of hydrogen-bond donors (Lipinski definition) is 4. The number of aliphatic hydroxyl groups is 1. The van der Waals surface area contributed by atoms with Crippen LogP contribution in [0.2, 0.25) is 0 Å². The Labute approximate surface area is 69.1 Å². The lowest BCUT2D eigenvalue weighted by Crippen LogP contribution is -2.45. The quantitative estimate of drug-likeness (QED) is 0.193. The number of carbonyl (C=O) groups is 1. The van der Waals surface area contributed by atoms with E-state index in [1.807, 2.05) is 0 Å². The van der Waals surface area contributed by atoms with Gasteiger partial charge in [0, 0.05) is 0 Å². The van der Waals surface area contributed by atoms with Gasteiger partial charge >= 0.3 is 0 Å². The summed E-state index contributed by atoms with van der Waals surface area (Å²) >= 11 is 9.05. The summed E-state index contributed by atoms with van der Waals surface area (Å²) in [4.78, 5) is 9.70. The number of hydrogen-bond acceptors (Lipinski definition) is 4. The molecule has 1 unspecified atom stereocenters. The minimum atomic E-state index is -0.819. The van der Waals surface area contributed by atoms with E-state index < -0.39 is 16.8 Å². The molecule has 0 fully saturated rings. The first kappa shape index (κ1) is 10.0. The van der Waals surface area contributed by atoms with Crippen LogP contribution in [0, 0.1) is 0 Å². The van der Waals surface area contributed by atoms with Crippen molar-refractivity contribution in [1.29, 1.82) is 0 Å². The molecule has 0 aliphatic rings. The molecule has 10 heavy (non-hydrogen) atoms. The number of amides is 1. The third-order valence-electron chi connectivity index (χ3n) is 0.865. The predicted molar refractivity (Wildman–Crippen MR) is 41.8 cm³/mol. The normalized spacial score (nSPS) is 16.3. The Morgan fingerprint density at radius 1 is 1.90 bits per heavy atom. The number of nitrogens with two attached hydrogens (primary N) is 1. The second-order valence-corrected chi connectivity index (χ2v) is 2.90. The van der Waals surface area contributed by atoms with Gasteiger partial charge in [-0.05, 0) is 0 Å². The fraction of sp³-hybridized carbons (Fsp3) is 0.750. The molecule has 0 saturated carbocycles. The number of rotatable bonds is 4. The van der Waals surface area contributed by atoms with E-state index in [-0.39, 0.29) is 6.61 Å². The standard InChI is InChI=1S/C4H9ClN2O2S/c5-4(10)7-2(1-8)3(6)9/h2,4,7-8,10H,1H2,(H2,6,9)/t2-,4?/m0/s1. The van der Waals surface area contributed by atoms with Crippen molar-refractivity contribution in [3.63, 3.8) is 0 Å². The minimum absolute atomic E-state index is 0.376. The molecule has 0 radical (unpaired) electrons. The number of halogens is 1. The molecule has 0 heterocycles. The summed E-state index contributed by atoms with van der Waals surface area (Å²) in [5, 5.41) is 10.9. The second kappa shape index (κ2) is 4.79. The van der Waals surface area contributed by atoms with Crippen molar-refractivity contribution in [3.05, 3.63) is 0 Å². The lowest BCUT2D eigenvalue weighted by atomic mass is 10.3. The molecule has 0 aliphatic carbocycles. The number of nitrogens with one attached hydrogen (secondary N) is 1. The van der Waals surface area contributed by atoms with Crippen LogP contribution in [0.5, 0.6) is 0 Å². The van der Waals surface area contributed by atoms with Crippen LogP contribution in [0.3, 0.4) is 0 Å². The summed E-state index contributed by atoms with van der Waals surface area (Å²) in [7, 11) is 0. The van der Waals surface area contributed by atoms with Gasteiger partial charge in [0.25, 0.3) is 0 Å². The second-order valence-electron chi connectivity index (χ2n) is 1.64. The summed E-state index contributed by atoms with van der Waals surface area (Å²) in [6.45, 7) is -0.376. The maximum absolute atomic E-state index is 10.4. The van der Waals surface area contributed by atoms with Crippen LogP contribution in [0.4, 0.5) is 0 Å². The zero-order valence-electron chi connectivity index (χ0n) is 5.12. The Hall–Kier alpha value is 0.0300. The van der Waals surface area contributed by atoms with Gasteiger partial charge in [-0.2, -0.15) is 0 Å². The van der Waals surface area contributed by atoms with Gasteiger partial charge in [-0.1, -0.05) is 11.6 Å². The summed E-state index contributed by atoms with van der Waals surface area (Å²) < 4.78 is 0. The fourth-order valence-corrected chi connectivity index (χ4v) is 0.723. The molecule has 0 bridgehead atoms. The molecule has 4 nitrogen and oxygen atoms in total. The molecule has 0 spiro atoms. The van der Waals surface area contributed by atoms with Gasteiger partial charge in [-0.15, -0.1) is 12.6 Å². The first-order chi connectivity index (χ1) is 4.57. The van der Waals surface area contributed by atoms with Crippen molar-refractivity contribution in [2.24, 2.45) is 5.73 Å². The highest BCUT2D eigenvalue weighted by molar-refractivity contribution is 7.82. The van der Waals surface area contributed by atoms with Crippen molar-refractivity contribution >= 4 is 30.1 Å². The topological polar surface area (TPSA) is 75.4 Å². The smallest absolute Gasteiger partial charge is 0.237 e. The maximum atomic E-state index is 10.4. The van der Waals surface area contributed by atoms with Crippen LogP contribution in [-0.2, 0) is 4.79 Å². The summed E-state index contributed by atoms with van der Waals surface area (Å²) in [6.07, 6.45) is 0. The van der Waals surface area contributed by atoms with Crippen LogP contribution in [-0.4, -0.2) is 28.5 Å². The van der Waals surface area contributed by atoms with E-state index in [0.29, 0.717) is 0 Å². The third-order valence-corrected chi connectivity index (χ3v) is 1.14. The Balaban J connectivity index is 3.72. The zero-order chi connectivity index (χ0) is 8.15. The van der Waals surface area contributed by atoms with Gasteiger partial charge in [-0.25, -0.2) is 0 Å². The SMILES string of the molecule is NC(=O)[C@H](CO)NC(S)Cl. The molecule has 0 aromatic heterocycles. The minimum Gasteiger partial charge on any atom is -0.394 e. The average Bonchev–Trinajstić information content (AvgIpc) is 1.81. The highest BCUT2D eigenvalue weighted by atomic mass is 35.5. The van der Waals surface area contributed by atoms with Crippen LogP contribution >= 0.6 is 24.2 Å².